The van der Waals surface area contributed by atoms with E-state index in [2.05, 4.69) is 4.74 Å². The minimum atomic E-state index is -1.61. The maximum atomic E-state index is 11.4. The Morgan fingerprint density at radius 2 is 1.25 bits per heavy atom. The molecule has 2 saturated heterocycles. The molecule has 0 unspecified atom stereocenters. The van der Waals surface area contributed by atoms with Crippen LogP contribution in [-0.4, -0.2) is 95.8 Å². The standard InChI is InChI=1S/C11H20O5.C10H18O6/c1-5-14-10(13)7(2)9(12)8-6-15-11(3,4)16-8;1-4-14-9(13)8(12)7(11)6-5-15-10(2,3)16-6/h7-9,12H,5-6H2,1-4H3;6-8,11-12H,4-5H2,1-3H3/t7-,8+,9-;6-,7-,8+/m01/s1. The van der Waals surface area contributed by atoms with Gasteiger partial charge in [-0.15, -0.1) is 0 Å². The summed E-state index contributed by atoms with van der Waals surface area (Å²) in [7, 11) is 0. The summed E-state index contributed by atoms with van der Waals surface area (Å²) in [5.74, 6) is -3.38. The van der Waals surface area contributed by atoms with Gasteiger partial charge in [0.05, 0.1) is 38.4 Å². The van der Waals surface area contributed by atoms with E-state index in [1.807, 2.05) is 0 Å². The van der Waals surface area contributed by atoms with Crippen LogP contribution >= 0.6 is 0 Å². The van der Waals surface area contributed by atoms with Crippen LogP contribution in [0.2, 0.25) is 0 Å². The van der Waals surface area contributed by atoms with E-state index in [0.717, 1.165) is 0 Å². The predicted octanol–water partition coefficient (Wildman–Crippen LogP) is 0.121. The number of aliphatic hydroxyl groups is 3. The van der Waals surface area contributed by atoms with Crippen molar-refractivity contribution in [1.82, 2.24) is 0 Å². The molecule has 11 nitrogen and oxygen atoms in total. The molecule has 0 aromatic heterocycles. The summed E-state index contributed by atoms with van der Waals surface area (Å²) in [6.45, 7) is 12.8. The number of aliphatic hydroxyl groups excluding tert-OH is 3. The van der Waals surface area contributed by atoms with Crippen LogP contribution in [0.4, 0.5) is 0 Å². The normalized spacial score (nSPS) is 27.4. The van der Waals surface area contributed by atoms with Crippen molar-refractivity contribution in [2.75, 3.05) is 26.4 Å². The van der Waals surface area contributed by atoms with Crippen LogP contribution in [0.5, 0.6) is 0 Å². The topological polar surface area (TPSA) is 150 Å². The second-order valence-electron chi connectivity index (χ2n) is 8.45. The van der Waals surface area contributed by atoms with Gasteiger partial charge in [-0.2, -0.15) is 0 Å². The summed E-state index contributed by atoms with van der Waals surface area (Å²) in [6, 6.07) is 0. The van der Waals surface area contributed by atoms with Crippen molar-refractivity contribution in [2.24, 2.45) is 5.92 Å². The third-order valence-corrected chi connectivity index (χ3v) is 4.84. The quantitative estimate of drug-likeness (QED) is 0.419. The van der Waals surface area contributed by atoms with E-state index in [1.54, 1.807) is 48.5 Å². The number of hydrogen-bond donors (Lipinski definition) is 3. The summed E-state index contributed by atoms with van der Waals surface area (Å²) >= 11 is 0. The lowest BCUT2D eigenvalue weighted by atomic mass is 10.0. The minimum Gasteiger partial charge on any atom is -0.466 e. The second kappa shape index (κ2) is 12.2. The molecule has 0 aromatic carbocycles. The van der Waals surface area contributed by atoms with Gasteiger partial charge in [-0.1, -0.05) is 0 Å². The van der Waals surface area contributed by atoms with Crippen LogP contribution in [0.1, 0.15) is 48.5 Å². The molecule has 32 heavy (non-hydrogen) atoms. The molecule has 6 atom stereocenters. The lowest BCUT2D eigenvalue weighted by Crippen LogP contribution is -2.44. The summed E-state index contributed by atoms with van der Waals surface area (Å²) in [6.07, 6.45) is -5.06. The van der Waals surface area contributed by atoms with Crippen LogP contribution in [0.15, 0.2) is 0 Å². The molecule has 11 heteroatoms. The molecule has 0 bridgehead atoms. The highest BCUT2D eigenvalue weighted by Gasteiger charge is 2.42. The van der Waals surface area contributed by atoms with E-state index < -0.39 is 60.0 Å². The van der Waals surface area contributed by atoms with Gasteiger partial charge in [0, 0.05) is 0 Å². The van der Waals surface area contributed by atoms with Gasteiger partial charge in [0.1, 0.15) is 18.3 Å². The highest BCUT2D eigenvalue weighted by atomic mass is 16.8. The van der Waals surface area contributed by atoms with Crippen LogP contribution in [0.25, 0.3) is 0 Å². The largest absolute Gasteiger partial charge is 0.466 e. The number of rotatable bonds is 8. The van der Waals surface area contributed by atoms with Gasteiger partial charge >= 0.3 is 11.9 Å². The monoisotopic (exact) mass is 466 g/mol. The molecule has 3 N–H and O–H groups in total. The van der Waals surface area contributed by atoms with Gasteiger partial charge in [0.15, 0.2) is 17.7 Å². The van der Waals surface area contributed by atoms with E-state index in [4.69, 9.17) is 23.7 Å². The third-order valence-electron chi connectivity index (χ3n) is 4.84. The average Bonchev–Trinajstić information content (AvgIpc) is 3.27. The zero-order valence-corrected chi connectivity index (χ0v) is 19.9. The molecule has 0 saturated carbocycles. The fourth-order valence-corrected chi connectivity index (χ4v) is 3.07. The first-order valence-corrected chi connectivity index (χ1v) is 10.8. The van der Waals surface area contributed by atoms with E-state index in [9.17, 15) is 24.9 Å². The SMILES string of the molecule is CCOC(=O)[C@@H](C)[C@H](O)[C@H]1COC(C)(C)O1.CCOC(=O)[C@@H](O)[C@H](O)[C@H]1COC(C)(C)O1. The number of esters is 2. The first-order chi connectivity index (χ1) is 14.7. The Morgan fingerprint density at radius 1 is 0.844 bits per heavy atom. The third kappa shape index (κ3) is 8.54. The van der Waals surface area contributed by atoms with Crippen molar-refractivity contribution in [3.8, 4) is 0 Å². The molecule has 0 amide bonds. The predicted molar refractivity (Wildman–Crippen MR) is 110 cm³/mol. The van der Waals surface area contributed by atoms with Crippen molar-refractivity contribution < 1.29 is 53.3 Å². The zero-order valence-electron chi connectivity index (χ0n) is 19.9. The fraction of sp³-hybridized carbons (Fsp3) is 0.905. The molecule has 0 aliphatic carbocycles. The summed E-state index contributed by atoms with van der Waals surface area (Å²) in [5.41, 5.74) is 0. The highest BCUT2D eigenvalue weighted by Crippen LogP contribution is 2.27. The van der Waals surface area contributed by atoms with Crippen molar-refractivity contribution in [1.29, 1.82) is 0 Å². The van der Waals surface area contributed by atoms with Gasteiger partial charge < -0.3 is 43.7 Å². The maximum Gasteiger partial charge on any atom is 0.337 e. The lowest BCUT2D eigenvalue weighted by Gasteiger charge is -2.23. The molecule has 0 radical (unpaired) electrons. The highest BCUT2D eigenvalue weighted by molar-refractivity contribution is 5.75. The first kappa shape index (κ1) is 28.7. The molecule has 2 rings (SSSR count). The molecular formula is C21H38O11. The van der Waals surface area contributed by atoms with Crippen molar-refractivity contribution >= 4 is 11.9 Å². The Balaban J connectivity index is 0.000000320. The van der Waals surface area contributed by atoms with Crippen LogP contribution in [0, 0.1) is 5.92 Å². The summed E-state index contributed by atoms with van der Waals surface area (Å²) in [5, 5.41) is 29.1. The van der Waals surface area contributed by atoms with E-state index in [-0.39, 0.29) is 19.8 Å². The number of hydrogen-bond acceptors (Lipinski definition) is 11. The Morgan fingerprint density at radius 3 is 1.62 bits per heavy atom. The Hall–Kier alpha value is -1.34. The minimum absolute atomic E-state index is 0.130. The van der Waals surface area contributed by atoms with Gasteiger partial charge in [0.25, 0.3) is 0 Å². The van der Waals surface area contributed by atoms with Gasteiger partial charge in [0.2, 0.25) is 0 Å². The molecule has 0 spiro atoms. The van der Waals surface area contributed by atoms with Crippen LogP contribution in [-0.2, 0) is 38.0 Å². The summed E-state index contributed by atoms with van der Waals surface area (Å²) < 4.78 is 30.8. The molecular weight excluding hydrogens is 428 g/mol. The maximum absolute atomic E-state index is 11.4. The van der Waals surface area contributed by atoms with Gasteiger partial charge in [-0.3, -0.25) is 4.79 Å². The number of carbonyl (C=O) groups is 2. The molecule has 188 valence electrons. The molecule has 2 fully saturated rings. The number of ether oxygens (including phenoxy) is 6. The molecule has 2 aliphatic rings. The lowest BCUT2D eigenvalue weighted by molar-refractivity contribution is -0.176. The van der Waals surface area contributed by atoms with Gasteiger partial charge in [-0.25, -0.2) is 4.79 Å². The van der Waals surface area contributed by atoms with E-state index in [1.165, 1.54) is 0 Å². The first-order valence-electron chi connectivity index (χ1n) is 10.8. The van der Waals surface area contributed by atoms with Crippen LogP contribution in [0.3, 0.4) is 0 Å². The van der Waals surface area contributed by atoms with Crippen molar-refractivity contribution in [3.63, 3.8) is 0 Å². The van der Waals surface area contributed by atoms with E-state index >= 15 is 0 Å². The molecule has 2 aliphatic heterocycles. The van der Waals surface area contributed by atoms with Crippen LogP contribution < -0.4 is 0 Å². The average molecular weight is 467 g/mol. The Bertz CT molecular complexity index is 555. The van der Waals surface area contributed by atoms with Crippen molar-refractivity contribution in [3.05, 3.63) is 0 Å². The molecule has 2 heterocycles. The molecule has 0 aromatic rings. The second-order valence-corrected chi connectivity index (χ2v) is 8.45. The summed E-state index contributed by atoms with van der Waals surface area (Å²) in [4.78, 5) is 22.6. The van der Waals surface area contributed by atoms with E-state index in [0.29, 0.717) is 6.61 Å². The van der Waals surface area contributed by atoms with Crippen molar-refractivity contribution in [2.45, 2.75) is 90.6 Å². The number of carbonyl (C=O) groups excluding carboxylic acids is 2. The fourth-order valence-electron chi connectivity index (χ4n) is 3.07. The Kier molecular flexibility index (Phi) is 11.0. The smallest absolute Gasteiger partial charge is 0.337 e. The van der Waals surface area contributed by atoms with Gasteiger partial charge in [-0.05, 0) is 48.5 Å². The zero-order chi connectivity index (χ0) is 24.7. The Labute approximate surface area is 188 Å².